The predicted molar refractivity (Wildman–Crippen MR) is 66.1 cm³/mol. The molecular formula is C13H16N2O2. The molecule has 1 aromatic heterocycles. The first-order chi connectivity index (χ1) is 8.34. The minimum Gasteiger partial charge on any atom is -0.376 e. The Morgan fingerprint density at radius 3 is 2.82 bits per heavy atom. The number of para-hydroxylation sites is 1. The van der Waals surface area contributed by atoms with Crippen LogP contribution in [0.25, 0.3) is 11.0 Å². The normalized spacial score (nSPS) is 17.6. The molecule has 1 aliphatic rings. The van der Waals surface area contributed by atoms with Crippen LogP contribution in [0.4, 0.5) is 0 Å². The maximum Gasteiger partial charge on any atom is 0.290 e. The van der Waals surface area contributed by atoms with Crippen molar-refractivity contribution in [2.24, 2.45) is 5.92 Å². The van der Waals surface area contributed by atoms with E-state index >= 15 is 0 Å². The molecule has 0 aliphatic carbocycles. The molecule has 1 saturated heterocycles. The minimum atomic E-state index is -0.000803. The van der Waals surface area contributed by atoms with Crippen LogP contribution in [0.15, 0.2) is 33.6 Å². The molecule has 0 unspecified atom stereocenters. The monoisotopic (exact) mass is 232 g/mol. The number of benzene rings is 1. The van der Waals surface area contributed by atoms with Gasteiger partial charge in [-0.05, 0) is 44.0 Å². The predicted octanol–water partition coefficient (Wildman–Crippen LogP) is 1.59. The van der Waals surface area contributed by atoms with Crippen LogP contribution in [-0.2, 0) is 6.54 Å². The first kappa shape index (κ1) is 10.6. The summed E-state index contributed by atoms with van der Waals surface area (Å²) in [5.74, 6) is 0.550. The lowest BCUT2D eigenvalue weighted by molar-refractivity contribution is 0.214. The largest absolute Gasteiger partial charge is 0.376 e. The number of aromatic nitrogens is 1. The lowest BCUT2D eigenvalue weighted by atomic mass is 9.98. The first-order valence-corrected chi connectivity index (χ1v) is 6.14. The fourth-order valence-corrected chi connectivity index (χ4v) is 2.44. The van der Waals surface area contributed by atoms with Gasteiger partial charge in [-0.1, -0.05) is 12.1 Å². The summed E-state index contributed by atoms with van der Waals surface area (Å²) >= 11 is 0. The molecule has 3 rings (SSSR count). The zero-order chi connectivity index (χ0) is 11.7. The van der Waals surface area contributed by atoms with Gasteiger partial charge in [-0.3, -0.25) is 4.79 Å². The third-order valence-corrected chi connectivity index (χ3v) is 3.44. The van der Waals surface area contributed by atoms with Crippen LogP contribution >= 0.6 is 0 Å². The summed E-state index contributed by atoms with van der Waals surface area (Å²) in [4.78, 5) is 12.1. The molecule has 0 bridgehead atoms. The number of fused-ring (bicyclic) bond motifs is 1. The summed E-state index contributed by atoms with van der Waals surface area (Å²) in [5, 5.41) is 4.01. The number of piperidine rings is 1. The van der Waals surface area contributed by atoms with Crippen molar-refractivity contribution in [3.63, 3.8) is 0 Å². The highest BCUT2D eigenvalue weighted by Crippen LogP contribution is 2.16. The van der Waals surface area contributed by atoms with Crippen molar-refractivity contribution in [3.8, 4) is 0 Å². The molecule has 0 atom stereocenters. The molecule has 90 valence electrons. The van der Waals surface area contributed by atoms with Crippen molar-refractivity contribution in [3.05, 3.63) is 34.6 Å². The maximum atomic E-state index is 12.1. The van der Waals surface area contributed by atoms with E-state index in [-0.39, 0.29) is 5.56 Å². The number of rotatable bonds is 2. The van der Waals surface area contributed by atoms with Crippen molar-refractivity contribution in [1.29, 1.82) is 0 Å². The summed E-state index contributed by atoms with van der Waals surface area (Å²) < 4.78 is 7.10. The molecule has 0 amide bonds. The Kier molecular flexibility index (Phi) is 2.73. The number of nitrogens with zero attached hydrogens (tertiary/aromatic N) is 1. The summed E-state index contributed by atoms with van der Waals surface area (Å²) in [6.07, 6.45) is 2.23. The van der Waals surface area contributed by atoms with E-state index < -0.39 is 0 Å². The van der Waals surface area contributed by atoms with E-state index in [0.717, 1.165) is 25.9 Å². The zero-order valence-corrected chi connectivity index (χ0v) is 9.69. The van der Waals surface area contributed by atoms with E-state index in [1.54, 1.807) is 0 Å². The fraction of sp³-hybridized carbons (Fsp3) is 0.462. The molecule has 0 saturated carbocycles. The second-order valence-corrected chi connectivity index (χ2v) is 4.65. The summed E-state index contributed by atoms with van der Waals surface area (Å²) in [6, 6.07) is 7.42. The highest BCUT2D eigenvalue weighted by Gasteiger charge is 2.17. The third kappa shape index (κ3) is 2.00. The first-order valence-electron chi connectivity index (χ1n) is 6.14. The fourth-order valence-electron chi connectivity index (χ4n) is 2.44. The van der Waals surface area contributed by atoms with Crippen LogP contribution in [0.5, 0.6) is 0 Å². The number of hydrogen-bond acceptors (Lipinski definition) is 3. The van der Waals surface area contributed by atoms with E-state index in [2.05, 4.69) is 5.32 Å². The quantitative estimate of drug-likeness (QED) is 0.855. The SMILES string of the molecule is O=c1c2ccccc2on1CC1CCNCC1. The van der Waals surface area contributed by atoms with E-state index in [1.807, 2.05) is 24.3 Å². The summed E-state index contributed by atoms with van der Waals surface area (Å²) in [5.41, 5.74) is 0.686. The van der Waals surface area contributed by atoms with Crippen LogP contribution in [0.3, 0.4) is 0 Å². The van der Waals surface area contributed by atoms with Crippen molar-refractivity contribution in [2.45, 2.75) is 19.4 Å². The van der Waals surface area contributed by atoms with Gasteiger partial charge in [0.2, 0.25) is 0 Å². The third-order valence-electron chi connectivity index (χ3n) is 3.44. The smallest absolute Gasteiger partial charge is 0.290 e. The van der Waals surface area contributed by atoms with Crippen molar-refractivity contribution in [2.75, 3.05) is 13.1 Å². The van der Waals surface area contributed by atoms with E-state index in [1.165, 1.54) is 4.74 Å². The van der Waals surface area contributed by atoms with Crippen LogP contribution in [0, 0.1) is 5.92 Å². The van der Waals surface area contributed by atoms with E-state index in [4.69, 9.17) is 4.52 Å². The van der Waals surface area contributed by atoms with Gasteiger partial charge in [0.25, 0.3) is 5.56 Å². The van der Waals surface area contributed by atoms with Gasteiger partial charge in [0.15, 0.2) is 5.58 Å². The van der Waals surface area contributed by atoms with Crippen molar-refractivity contribution < 1.29 is 4.52 Å². The molecule has 2 aromatic rings. The molecule has 4 nitrogen and oxygen atoms in total. The van der Waals surface area contributed by atoms with Gasteiger partial charge >= 0.3 is 0 Å². The van der Waals surface area contributed by atoms with Crippen molar-refractivity contribution >= 4 is 11.0 Å². The summed E-state index contributed by atoms with van der Waals surface area (Å²) in [6.45, 7) is 2.79. The molecule has 1 fully saturated rings. The lowest BCUT2D eigenvalue weighted by Crippen LogP contribution is -2.31. The van der Waals surface area contributed by atoms with Crippen LogP contribution in [-0.4, -0.2) is 17.8 Å². The Hall–Kier alpha value is -1.55. The van der Waals surface area contributed by atoms with Gasteiger partial charge in [0, 0.05) is 0 Å². The highest BCUT2D eigenvalue weighted by atomic mass is 16.5. The van der Waals surface area contributed by atoms with E-state index in [9.17, 15) is 4.79 Å². The average molecular weight is 232 g/mol. The van der Waals surface area contributed by atoms with Crippen LogP contribution < -0.4 is 10.9 Å². The van der Waals surface area contributed by atoms with Gasteiger partial charge in [-0.25, -0.2) is 0 Å². The molecule has 17 heavy (non-hydrogen) atoms. The van der Waals surface area contributed by atoms with Gasteiger partial charge < -0.3 is 9.84 Å². The maximum absolute atomic E-state index is 12.1. The Bertz CT molecular complexity index is 564. The second-order valence-electron chi connectivity index (χ2n) is 4.65. The molecule has 1 aliphatic heterocycles. The lowest BCUT2D eigenvalue weighted by Gasteiger charge is -2.21. The average Bonchev–Trinajstić information content (AvgIpc) is 2.68. The van der Waals surface area contributed by atoms with Gasteiger partial charge in [-0.15, -0.1) is 0 Å². The Balaban J connectivity index is 1.89. The minimum absolute atomic E-state index is 0.000803. The van der Waals surface area contributed by atoms with Crippen LogP contribution in [0.1, 0.15) is 12.8 Å². The standard InChI is InChI=1S/C13H16N2O2/c16-13-11-3-1-2-4-12(11)17-15(13)9-10-5-7-14-8-6-10/h1-4,10,14H,5-9H2. The molecule has 1 aromatic carbocycles. The Morgan fingerprint density at radius 2 is 2.06 bits per heavy atom. The molecule has 0 spiro atoms. The molecule has 1 N–H and O–H groups in total. The summed E-state index contributed by atoms with van der Waals surface area (Å²) in [7, 11) is 0. The Morgan fingerprint density at radius 1 is 1.29 bits per heavy atom. The second kappa shape index (κ2) is 4.37. The van der Waals surface area contributed by atoms with Gasteiger partial charge in [0.1, 0.15) is 0 Å². The Labute approximate surface area is 99.2 Å². The van der Waals surface area contributed by atoms with Gasteiger partial charge in [0.05, 0.1) is 11.9 Å². The zero-order valence-electron chi connectivity index (χ0n) is 9.69. The van der Waals surface area contributed by atoms with Crippen molar-refractivity contribution in [1.82, 2.24) is 10.1 Å². The topological polar surface area (TPSA) is 47.2 Å². The molecule has 2 heterocycles. The number of hydrogen-bond donors (Lipinski definition) is 1. The highest BCUT2D eigenvalue weighted by molar-refractivity contribution is 5.75. The van der Waals surface area contributed by atoms with E-state index in [0.29, 0.717) is 23.4 Å². The molecule has 0 radical (unpaired) electrons. The van der Waals surface area contributed by atoms with Crippen LogP contribution in [0.2, 0.25) is 0 Å². The molecular weight excluding hydrogens is 216 g/mol. The van der Waals surface area contributed by atoms with Gasteiger partial charge in [-0.2, -0.15) is 4.74 Å². The number of nitrogens with one attached hydrogen (secondary N) is 1. The molecule has 4 heteroatoms.